The molecule has 0 saturated carbocycles. The summed E-state index contributed by atoms with van der Waals surface area (Å²) < 4.78 is 0. The molecule has 13 heavy (non-hydrogen) atoms. The van der Waals surface area contributed by atoms with Crippen LogP contribution < -0.4 is 0 Å². The summed E-state index contributed by atoms with van der Waals surface area (Å²) in [6.45, 7) is 3.50. The van der Waals surface area contributed by atoms with E-state index in [-0.39, 0.29) is 17.3 Å². The minimum atomic E-state index is -0.0990. The van der Waals surface area contributed by atoms with Crippen molar-refractivity contribution in [3.63, 3.8) is 0 Å². The van der Waals surface area contributed by atoms with Crippen molar-refractivity contribution in [2.45, 2.75) is 26.7 Å². The van der Waals surface area contributed by atoms with Crippen LogP contribution >= 0.6 is 0 Å². The number of ketones is 2. The number of Topliss-reactive ketones (excluding diaryl/α,β-unsaturated/α-hetero) is 2. The maximum absolute atomic E-state index is 11.3. The fourth-order valence-electron chi connectivity index (χ4n) is 1.06. The molecule has 0 fully saturated rings. The number of nitrogens with zero attached hydrogens (tertiary/aromatic N) is 1. The first-order valence-electron chi connectivity index (χ1n) is 4.30. The van der Waals surface area contributed by atoms with Gasteiger partial charge in [0.25, 0.3) is 0 Å². The van der Waals surface area contributed by atoms with E-state index in [0.717, 1.165) is 0 Å². The molecule has 0 radical (unpaired) electrons. The predicted molar refractivity (Wildman–Crippen MR) is 47.8 cm³/mol. The Balaban J connectivity index is 3.02. The molecule has 4 nitrogen and oxygen atoms in total. The largest absolute Gasteiger partial charge is 0.342 e. The second-order valence-corrected chi connectivity index (χ2v) is 2.68. The molecule has 0 amide bonds. The van der Waals surface area contributed by atoms with Crippen LogP contribution in [0.25, 0.3) is 0 Å². The summed E-state index contributed by atoms with van der Waals surface area (Å²) in [5.41, 5.74) is 0.615. The minimum absolute atomic E-state index is 0.0747. The number of aromatic amines is 1. The molecule has 0 bridgehead atoms. The second kappa shape index (κ2) is 3.98. The Bertz CT molecular complexity index is 298. The van der Waals surface area contributed by atoms with Crippen molar-refractivity contribution in [2.75, 3.05) is 0 Å². The fourth-order valence-corrected chi connectivity index (χ4v) is 1.06. The molecule has 1 rings (SSSR count). The van der Waals surface area contributed by atoms with Crippen LogP contribution in [0, 0.1) is 0 Å². The van der Waals surface area contributed by atoms with Crippen molar-refractivity contribution in [2.24, 2.45) is 0 Å². The van der Waals surface area contributed by atoms with E-state index in [1.807, 2.05) is 0 Å². The van der Waals surface area contributed by atoms with Crippen LogP contribution in [-0.4, -0.2) is 21.5 Å². The van der Waals surface area contributed by atoms with E-state index in [1.165, 1.54) is 6.33 Å². The summed E-state index contributed by atoms with van der Waals surface area (Å²) in [5.74, 6) is -0.174. The van der Waals surface area contributed by atoms with Crippen LogP contribution in [0.2, 0.25) is 0 Å². The molecule has 4 heteroatoms. The van der Waals surface area contributed by atoms with Crippen molar-refractivity contribution in [3.05, 3.63) is 17.7 Å². The lowest BCUT2D eigenvalue weighted by molar-refractivity contribution is 0.0950. The highest BCUT2D eigenvalue weighted by Gasteiger charge is 2.16. The lowest BCUT2D eigenvalue weighted by Gasteiger charge is -1.96. The molecule has 0 aliphatic rings. The number of aromatic nitrogens is 2. The normalized spacial score (nSPS) is 10.0. The van der Waals surface area contributed by atoms with E-state index in [0.29, 0.717) is 18.5 Å². The molecule has 1 aromatic rings. The van der Waals surface area contributed by atoms with Crippen molar-refractivity contribution < 1.29 is 9.59 Å². The molecule has 70 valence electrons. The molecule has 0 aliphatic heterocycles. The van der Waals surface area contributed by atoms with Gasteiger partial charge in [-0.1, -0.05) is 13.8 Å². The summed E-state index contributed by atoms with van der Waals surface area (Å²) in [4.78, 5) is 29.1. The SMILES string of the molecule is CCC(=O)c1nc[nH]c1C(=O)CC. The maximum Gasteiger partial charge on any atom is 0.183 e. The third-order valence-corrected chi connectivity index (χ3v) is 1.82. The number of carbonyl (C=O) groups is 2. The van der Waals surface area contributed by atoms with Gasteiger partial charge in [-0.3, -0.25) is 9.59 Å². The molecule has 1 N–H and O–H groups in total. The molecule has 0 aliphatic carbocycles. The molecular formula is C9H12N2O2. The highest BCUT2D eigenvalue weighted by molar-refractivity contribution is 6.06. The van der Waals surface area contributed by atoms with E-state index < -0.39 is 0 Å². The monoisotopic (exact) mass is 180 g/mol. The number of nitrogens with one attached hydrogen (secondary N) is 1. The lowest BCUT2D eigenvalue weighted by atomic mass is 10.1. The number of imidazole rings is 1. The number of carbonyl (C=O) groups excluding carboxylic acids is 2. The molecule has 1 heterocycles. The average molecular weight is 180 g/mol. The van der Waals surface area contributed by atoms with Crippen LogP contribution in [0.15, 0.2) is 6.33 Å². The van der Waals surface area contributed by atoms with Crippen LogP contribution in [0.3, 0.4) is 0 Å². The first-order chi connectivity index (χ1) is 6.20. The Labute approximate surface area is 76.4 Å². The van der Waals surface area contributed by atoms with E-state index in [2.05, 4.69) is 9.97 Å². The van der Waals surface area contributed by atoms with Gasteiger partial charge in [0.2, 0.25) is 0 Å². The van der Waals surface area contributed by atoms with Crippen molar-refractivity contribution in [1.29, 1.82) is 0 Å². The van der Waals surface area contributed by atoms with Crippen LogP contribution in [0.4, 0.5) is 0 Å². The summed E-state index contributed by atoms with van der Waals surface area (Å²) in [7, 11) is 0. The van der Waals surface area contributed by atoms with E-state index in [9.17, 15) is 9.59 Å². The smallest absolute Gasteiger partial charge is 0.183 e. The van der Waals surface area contributed by atoms with Gasteiger partial charge in [-0.05, 0) is 0 Å². The second-order valence-electron chi connectivity index (χ2n) is 2.68. The zero-order chi connectivity index (χ0) is 9.84. The number of rotatable bonds is 4. The zero-order valence-corrected chi connectivity index (χ0v) is 7.76. The minimum Gasteiger partial charge on any atom is -0.342 e. The molecular weight excluding hydrogens is 168 g/mol. The first kappa shape index (κ1) is 9.64. The standard InChI is InChI=1S/C9H12N2O2/c1-3-6(12)8-9(7(13)4-2)11-5-10-8/h5H,3-4H2,1-2H3,(H,10,11). The van der Waals surface area contributed by atoms with Crippen molar-refractivity contribution >= 4 is 11.6 Å². The van der Waals surface area contributed by atoms with Gasteiger partial charge >= 0.3 is 0 Å². The van der Waals surface area contributed by atoms with Crippen molar-refractivity contribution in [3.8, 4) is 0 Å². The fraction of sp³-hybridized carbons (Fsp3) is 0.444. The van der Waals surface area contributed by atoms with Gasteiger partial charge in [0, 0.05) is 12.8 Å². The average Bonchev–Trinajstić information content (AvgIpc) is 2.63. The summed E-state index contributed by atoms with van der Waals surface area (Å²) in [6, 6.07) is 0. The molecule has 0 aromatic carbocycles. The van der Waals surface area contributed by atoms with E-state index in [1.54, 1.807) is 13.8 Å². The van der Waals surface area contributed by atoms with Crippen LogP contribution in [-0.2, 0) is 0 Å². The Morgan fingerprint density at radius 2 is 1.92 bits per heavy atom. The molecule has 0 saturated heterocycles. The van der Waals surface area contributed by atoms with Crippen LogP contribution in [0.5, 0.6) is 0 Å². The maximum atomic E-state index is 11.3. The van der Waals surface area contributed by atoms with Gasteiger partial charge in [0.1, 0.15) is 11.4 Å². The Kier molecular flexibility index (Phi) is 2.95. The Morgan fingerprint density at radius 1 is 1.31 bits per heavy atom. The van der Waals surface area contributed by atoms with E-state index >= 15 is 0 Å². The predicted octanol–water partition coefficient (Wildman–Crippen LogP) is 1.60. The van der Waals surface area contributed by atoms with Gasteiger partial charge in [-0.15, -0.1) is 0 Å². The van der Waals surface area contributed by atoms with Crippen molar-refractivity contribution in [1.82, 2.24) is 9.97 Å². The topological polar surface area (TPSA) is 62.8 Å². The third-order valence-electron chi connectivity index (χ3n) is 1.82. The quantitative estimate of drug-likeness (QED) is 0.716. The van der Waals surface area contributed by atoms with E-state index in [4.69, 9.17) is 0 Å². The van der Waals surface area contributed by atoms with Gasteiger partial charge in [-0.2, -0.15) is 0 Å². The Morgan fingerprint density at radius 3 is 2.46 bits per heavy atom. The van der Waals surface area contributed by atoms with Gasteiger partial charge in [0.15, 0.2) is 11.6 Å². The number of H-pyrrole nitrogens is 1. The molecule has 0 unspecified atom stereocenters. The zero-order valence-electron chi connectivity index (χ0n) is 7.76. The third kappa shape index (κ3) is 1.83. The van der Waals surface area contributed by atoms with Crippen LogP contribution in [0.1, 0.15) is 47.7 Å². The first-order valence-corrected chi connectivity index (χ1v) is 4.30. The molecule has 0 atom stereocenters. The molecule has 1 aromatic heterocycles. The highest BCUT2D eigenvalue weighted by atomic mass is 16.1. The van der Waals surface area contributed by atoms with Gasteiger partial charge in [0.05, 0.1) is 6.33 Å². The number of hydrogen-bond donors (Lipinski definition) is 1. The van der Waals surface area contributed by atoms with Gasteiger partial charge in [-0.25, -0.2) is 4.98 Å². The summed E-state index contributed by atoms with van der Waals surface area (Å²) >= 11 is 0. The Hall–Kier alpha value is -1.45. The molecule has 0 spiro atoms. The van der Waals surface area contributed by atoms with Gasteiger partial charge < -0.3 is 4.98 Å². The lowest BCUT2D eigenvalue weighted by Crippen LogP contribution is -2.07. The highest BCUT2D eigenvalue weighted by Crippen LogP contribution is 2.08. The number of hydrogen-bond acceptors (Lipinski definition) is 3. The summed E-state index contributed by atoms with van der Waals surface area (Å²) in [6.07, 6.45) is 2.13. The summed E-state index contributed by atoms with van der Waals surface area (Å²) in [5, 5.41) is 0.